The number of hydrogen-bond donors (Lipinski definition) is 3. The van der Waals surface area contributed by atoms with E-state index in [1.54, 1.807) is 42.6 Å². The number of benzene rings is 1. The molecular weight excluding hydrogens is 330 g/mol. The van der Waals surface area contributed by atoms with Gasteiger partial charge in [0, 0.05) is 31.0 Å². The summed E-state index contributed by atoms with van der Waals surface area (Å²) in [5.74, 6) is 0.330. The van der Waals surface area contributed by atoms with Gasteiger partial charge in [-0.25, -0.2) is 4.98 Å². The first-order chi connectivity index (χ1) is 12.4. The molecule has 0 saturated heterocycles. The summed E-state index contributed by atoms with van der Waals surface area (Å²) in [6.45, 7) is 3.27. The van der Waals surface area contributed by atoms with E-state index in [4.69, 9.17) is 0 Å². The van der Waals surface area contributed by atoms with Crippen LogP contribution in [0.25, 0.3) is 0 Å². The lowest BCUT2D eigenvalue weighted by Gasteiger charge is -2.11. The Kier molecular flexibility index (Phi) is 7.11. The predicted molar refractivity (Wildman–Crippen MR) is 105 cm³/mol. The highest BCUT2D eigenvalue weighted by atomic mass is 16.2. The first kappa shape index (κ1) is 19.4. The Balaban J connectivity index is 1.90. The topological polar surface area (TPSA) is 86.4 Å². The number of amides is 2. The van der Waals surface area contributed by atoms with Gasteiger partial charge in [0.05, 0.1) is 5.56 Å². The quantitative estimate of drug-likeness (QED) is 0.634. The summed E-state index contributed by atoms with van der Waals surface area (Å²) in [4.78, 5) is 29.8. The third kappa shape index (κ3) is 6.52. The molecule has 0 aliphatic carbocycles. The van der Waals surface area contributed by atoms with Gasteiger partial charge in [-0.1, -0.05) is 6.07 Å². The van der Waals surface area contributed by atoms with Gasteiger partial charge in [-0.15, -0.1) is 0 Å². The Morgan fingerprint density at radius 2 is 1.81 bits per heavy atom. The maximum Gasteiger partial charge on any atom is 0.257 e. The number of carbonyl (C=O) groups is 2. The molecule has 7 nitrogen and oxygen atoms in total. The molecule has 1 heterocycles. The van der Waals surface area contributed by atoms with Crippen LogP contribution in [0.1, 0.15) is 23.7 Å². The number of carbonyl (C=O) groups excluding carboxylic acids is 2. The minimum Gasteiger partial charge on any atom is -0.370 e. The third-order valence-corrected chi connectivity index (χ3v) is 3.55. The van der Waals surface area contributed by atoms with Crippen LogP contribution in [0.2, 0.25) is 0 Å². The molecule has 0 unspecified atom stereocenters. The summed E-state index contributed by atoms with van der Waals surface area (Å²) >= 11 is 0. The number of pyridine rings is 1. The molecule has 3 N–H and O–H groups in total. The van der Waals surface area contributed by atoms with Gasteiger partial charge in [-0.3, -0.25) is 9.59 Å². The molecule has 0 aliphatic rings. The molecule has 2 rings (SSSR count). The van der Waals surface area contributed by atoms with Crippen molar-refractivity contribution in [2.75, 3.05) is 43.1 Å². The van der Waals surface area contributed by atoms with E-state index in [1.807, 2.05) is 14.1 Å². The molecule has 7 heteroatoms. The highest BCUT2D eigenvalue weighted by Crippen LogP contribution is 2.16. The zero-order valence-electron chi connectivity index (χ0n) is 15.4. The lowest BCUT2D eigenvalue weighted by molar-refractivity contribution is -0.114. The van der Waals surface area contributed by atoms with Crippen LogP contribution in [0.15, 0.2) is 42.6 Å². The van der Waals surface area contributed by atoms with E-state index in [0.29, 0.717) is 16.9 Å². The highest BCUT2D eigenvalue weighted by molar-refractivity contribution is 6.04. The predicted octanol–water partition coefficient (Wildman–Crippen LogP) is 2.66. The first-order valence-electron chi connectivity index (χ1n) is 8.47. The lowest BCUT2D eigenvalue weighted by atomic mass is 10.2. The van der Waals surface area contributed by atoms with E-state index in [1.165, 1.54) is 6.92 Å². The average molecular weight is 355 g/mol. The molecule has 26 heavy (non-hydrogen) atoms. The second-order valence-electron chi connectivity index (χ2n) is 6.23. The van der Waals surface area contributed by atoms with Gasteiger partial charge >= 0.3 is 0 Å². The van der Waals surface area contributed by atoms with Crippen LogP contribution in [0.4, 0.5) is 17.2 Å². The summed E-state index contributed by atoms with van der Waals surface area (Å²) < 4.78 is 0. The Labute approximate surface area is 153 Å². The van der Waals surface area contributed by atoms with Crippen LogP contribution in [0.5, 0.6) is 0 Å². The van der Waals surface area contributed by atoms with Crippen LogP contribution < -0.4 is 16.0 Å². The molecule has 0 bridgehead atoms. The second kappa shape index (κ2) is 9.53. The average Bonchev–Trinajstić information content (AvgIpc) is 2.59. The Morgan fingerprint density at radius 3 is 2.42 bits per heavy atom. The zero-order chi connectivity index (χ0) is 18.9. The van der Waals surface area contributed by atoms with Crippen molar-refractivity contribution >= 4 is 29.0 Å². The number of aromatic nitrogens is 1. The van der Waals surface area contributed by atoms with Gasteiger partial charge in [0.1, 0.15) is 5.82 Å². The van der Waals surface area contributed by atoms with Crippen LogP contribution in [0.3, 0.4) is 0 Å². The van der Waals surface area contributed by atoms with E-state index >= 15 is 0 Å². The molecule has 0 fully saturated rings. The van der Waals surface area contributed by atoms with Crippen molar-refractivity contribution in [2.24, 2.45) is 0 Å². The Morgan fingerprint density at radius 1 is 1.08 bits per heavy atom. The van der Waals surface area contributed by atoms with E-state index in [2.05, 4.69) is 25.8 Å². The minimum absolute atomic E-state index is 0.161. The maximum absolute atomic E-state index is 12.3. The normalized spacial score (nSPS) is 10.5. The van der Waals surface area contributed by atoms with Crippen molar-refractivity contribution in [3.05, 3.63) is 48.2 Å². The fourth-order valence-electron chi connectivity index (χ4n) is 2.33. The van der Waals surface area contributed by atoms with E-state index in [9.17, 15) is 9.59 Å². The smallest absolute Gasteiger partial charge is 0.257 e. The summed E-state index contributed by atoms with van der Waals surface area (Å²) in [6.07, 6.45) is 2.56. The summed E-state index contributed by atoms with van der Waals surface area (Å²) in [5.41, 5.74) is 1.70. The number of rotatable bonds is 8. The van der Waals surface area contributed by atoms with Crippen molar-refractivity contribution in [1.82, 2.24) is 9.88 Å². The van der Waals surface area contributed by atoms with E-state index in [-0.39, 0.29) is 11.8 Å². The molecule has 1 aromatic carbocycles. The fraction of sp³-hybridized carbons (Fsp3) is 0.316. The molecule has 2 aromatic rings. The second-order valence-corrected chi connectivity index (χ2v) is 6.23. The Hall–Kier alpha value is -2.93. The number of nitrogens with one attached hydrogen (secondary N) is 3. The van der Waals surface area contributed by atoms with Crippen LogP contribution >= 0.6 is 0 Å². The van der Waals surface area contributed by atoms with Crippen molar-refractivity contribution in [2.45, 2.75) is 13.3 Å². The highest BCUT2D eigenvalue weighted by Gasteiger charge is 2.07. The third-order valence-electron chi connectivity index (χ3n) is 3.55. The molecule has 138 valence electrons. The van der Waals surface area contributed by atoms with Gasteiger partial charge in [0.2, 0.25) is 5.91 Å². The van der Waals surface area contributed by atoms with Gasteiger partial charge in [0.15, 0.2) is 0 Å². The van der Waals surface area contributed by atoms with Crippen LogP contribution in [-0.4, -0.2) is 48.9 Å². The monoisotopic (exact) mass is 355 g/mol. The zero-order valence-corrected chi connectivity index (χ0v) is 15.4. The number of anilines is 3. The van der Waals surface area contributed by atoms with Gasteiger partial charge < -0.3 is 20.9 Å². The summed E-state index contributed by atoms with van der Waals surface area (Å²) in [5, 5.41) is 8.71. The summed E-state index contributed by atoms with van der Waals surface area (Å²) in [7, 11) is 4.08. The SMILES string of the molecule is CC(=O)Nc1cccc(NC(=O)c2ccc(NCCCN(C)C)nc2)c1. The molecule has 0 saturated carbocycles. The van der Waals surface area contributed by atoms with Gasteiger partial charge in [0.25, 0.3) is 5.91 Å². The molecule has 0 spiro atoms. The molecule has 2 amide bonds. The van der Waals surface area contributed by atoms with Gasteiger partial charge in [-0.2, -0.15) is 0 Å². The Bertz CT molecular complexity index is 744. The van der Waals surface area contributed by atoms with E-state index in [0.717, 1.165) is 25.3 Å². The van der Waals surface area contributed by atoms with Crippen molar-refractivity contribution in [3.8, 4) is 0 Å². The van der Waals surface area contributed by atoms with Crippen molar-refractivity contribution in [1.29, 1.82) is 0 Å². The molecule has 0 aliphatic heterocycles. The molecule has 1 aromatic heterocycles. The van der Waals surface area contributed by atoms with Crippen molar-refractivity contribution in [3.63, 3.8) is 0 Å². The number of nitrogens with zero attached hydrogens (tertiary/aromatic N) is 2. The first-order valence-corrected chi connectivity index (χ1v) is 8.47. The molecule has 0 atom stereocenters. The van der Waals surface area contributed by atoms with Crippen LogP contribution in [-0.2, 0) is 4.79 Å². The van der Waals surface area contributed by atoms with Crippen molar-refractivity contribution < 1.29 is 9.59 Å². The standard InChI is InChI=1S/C19H25N5O2/c1-14(25)22-16-6-4-7-17(12-16)23-19(26)15-8-9-18(21-13-15)20-10-5-11-24(2)3/h4,6-9,12-13H,5,10-11H2,1-3H3,(H,20,21)(H,22,25)(H,23,26). The van der Waals surface area contributed by atoms with Crippen LogP contribution in [0, 0.1) is 0 Å². The number of hydrogen-bond acceptors (Lipinski definition) is 5. The molecular formula is C19H25N5O2. The van der Waals surface area contributed by atoms with E-state index < -0.39 is 0 Å². The summed E-state index contributed by atoms with van der Waals surface area (Å²) in [6, 6.07) is 10.5. The maximum atomic E-state index is 12.3. The lowest BCUT2D eigenvalue weighted by Crippen LogP contribution is -2.17. The minimum atomic E-state index is -0.253. The van der Waals surface area contributed by atoms with Gasteiger partial charge in [-0.05, 0) is 57.4 Å². The fourth-order valence-corrected chi connectivity index (χ4v) is 2.33. The largest absolute Gasteiger partial charge is 0.370 e. The molecule has 0 radical (unpaired) electrons.